The second-order valence-corrected chi connectivity index (χ2v) is 5.97. The van der Waals surface area contributed by atoms with E-state index in [4.69, 9.17) is 4.42 Å². The molecule has 0 spiro atoms. The third-order valence-electron chi connectivity index (χ3n) is 3.70. The monoisotopic (exact) mass is 235 g/mol. The second-order valence-electron chi connectivity index (χ2n) is 5.97. The number of carbonyl (C=O) groups is 1. The standard InChI is InChI=1S/C14H21NO2/c1-14(2,3)12-5-4-7-15(9-12)13(16)11-6-8-17-10-11/h6,8,10,12H,4-5,7,9H2,1-3H3/t12-/m0/s1. The first-order valence-corrected chi connectivity index (χ1v) is 6.30. The number of amides is 1. The molecule has 2 rings (SSSR count). The third-order valence-corrected chi connectivity index (χ3v) is 3.70. The molecule has 1 amide bonds. The Balaban J connectivity index is 2.05. The summed E-state index contributed by atoms with van der Waals surface area (Å²) in [6.45, 7) is 8.50. The maximum atomic E-state index is 12.2. The molecular formula is C14H21NO2. The number of rotatable bonds is 1. The number of hydrogen-bond donors (Lipinski definition) is 0. The molecule has 0 aromatic carbocycles. The zero-order valence-corrected chi connectivity index (χ0v) is 10.9. The van der Waals surface area contributed by atoms with E-state index in [1.165, 1.54) is 12.7 Å². The van der Waals surface area contributed by atoms with Crippen molar-refractivity contribution in [2.75, 3.05) is 13.1 Å². The van der Waals surface area contributed by atoms with Crippen molar-refractivity contribution in [2.45, 2.75) is 33.6 Å². The molecule has 1 aliphatic heterocycles. The Morgan fingerprint density at radius 2 is 2.24 bits per heavy atom. The summed E-state index contributed by atoms with van der Waals surface area (Å²) >= 11 is 0. The molecule has 17 heavy (non-hydrogen) atoms. The van der Waals surface area contributed by atoms with Crippen molar-refractivity contribution in [3.05, 3.63) is 24.2 Å². The number of likely N-dealkylation sites (tertiary alicyclic amines) is 1. The first-order valence-electron chi connectivity index (χ1n) is 6.30. The van der Waals surface area contributed by atoms with E-state index in [0.717, 1.165) is 19.5 Å². The van der Waals surface area contributed by atoms with Gasteiger partial charge in [0.2, 0.25) is 0 Å². The molecule has 0 N–H and O–H groups in total. The summed E-state index contributed by atoms with van der Waals surface area (Å²) in [5.74, 6) is 0.694. The van der Waals surface area contributed by atoms with Crippen LogP contribution in [0.1, 0.15) is 44.0 Å². The van der Waals surface area contributed by atoms with Crippen LogP contribution in [-0.4, -0.2) is 23.9 Å². The van der Waals surface area contributed by atoms with Gasteiger partial charge < -0.3 is 9.32 Å². The zero-order valence-electron chi connectivity index (χ0n) is 10.9. The first kappa shape index (κ1) is 12.2. The van der Waals surface area contributed by atoms with Gasteiger partial charge in [0.25, 0.3) is 5.91 Å². The van der Waals surface area contributed by atoms with Crippen LogP contribution < -0.4 is 0 Å². The minimum Gasteiger partial charge on any atom is -0.472 e. The van der Waals surface area contributed by atoms with Crippen molar-refractivity contribution in [2.24, 2.45) is 11.3 Å². The van der Waals surface area contributed by atoms with E-state index >= 15 is 0 Å². The summed E-state index contributed by atoms with van der Waals surface area (Å²) in [5, 5.41) is 0. The van der Waals surface area contributed by atoms with Crippen LogP contribution in [0.15, 0.2) is 23.0 Å². The van der Waals surface area contributed by atoms with E-state index in [-0.39, 0.29) is 11.3 Å². The van der Waals surface area contributed by atoms with Crippen molar-refractivity contribution >= 4 is 5.91 Å². The van der Waals surface area contributed by atoms with Gasteiger partial charge in [-0.05, 0) is 30.2 Å². The number of nitrogens with zero attached hydrogens (tertiary/aromatic N) is 1. The molecule has 0 unspecified atom stereocenters. The van der Waals surface area contributed by atoms with Gasteiger partial charge in [-0.15, -0.1) is 0 Å². The summed E-state index contributed by atoms with van der Waals surface area (Å²) in [4.78, 5) is 14.2. The van der Waals surface area contributed by atoms with Crippen LogP contribution >= 0.6 is 0 Å². The van der Waals surface area contributed by atoms with E-state index in [2.05, 4.69) is 20.8 Å². The number of hydrogen-bond acceptors (Lipinski definition) is 2. The van der Waals surface area contributed by atoms with Crippen molar-refractivity contribution in [1.82, 2.24) is 4.90 Å². The maximum Gasteiger partial charge on any atom is 0.257 e. The highest BCUT2D eigenvalue weighted by atomic mass is 16.3. The zero-order chi connectivity index (χ0) is 12.5. The molecule has 1 aromatic heterocycles. The highest BCUT2D eigenvalue weighted by molar-refractivity contribution is 5.93. The van der Waals surface area contributed by atoms with Gasteiger partial charge >= 0.3 is 0 Å². The molecule has 0 bridgehead atoms. The quantitative estimate of drug-likeness (QED) is 0.749. The summed E-state index contributed by atoms with van der Waals surface area (Å²) < 4.78 is 4.97. The van der Waals surface area contributed by atoms with E-state index in [0.29, 0.717) is 11.5 Å². The smallest absolute Gasteiger partial charge is 0.257 e. The largest absolute Gasteiger partial charge is 0.472 e. The molecule has 1 atom stereocenters. The Labute approximate surface area is 103 Å². The fraction of sp³-hybridized carbons (Fsp3) is 0.643. The minimum atomic E-state index is 0.104. The van der Waals surface area contributed by atoms with E-state index in [9.17, 15) is 4.79 Å². The minimum absolute atomic E-state index is 0.104. The van der Waals surface area contributed by atoms with Gasteiger partial charge in [0.05, 0.1) is 11.8 Å². The molecule has 94 valence electrons. The highest BCUT2D eigenvalue weighted by Gasteiger charge is 2.31. The fourth-order valence-electron chi connectivity index (χ4n) is 2.44. The Morgan fingerprint density at radius 1 is 1.47 bits per heavy atom. The molecule has 0 aliphatic carbocycles. The maximum absolute atomic E-state index is 12.2. The van der Waals surface area contributed by atoms with Gasteiger partial charge in [-0.1, -0.05) is 20.8 Å². The van der Waals surface area contributed by atoms with Crippen molar-refractivity contribution in [3.8, 4) is 0 Å². The molecule has 3 nitrogen and oxygen atoms in total. The predicted octanol–water partition coefficient (Wildman–Crippen LogP) is 3.18. The van der Waals surface area contributed by atoms with Crippen molar-refractivity contribution < 1.29 is 9.21 Å². The third kappa shape index (κ3) is 2.71. The van der Waals surface area contributed by atoms with E-state index in [1.807, 2.05) is 4.90 Å². The summed E-state index contributed by atoms with van der Waals surface area (Å²) in [6, 6.07) is 1.74. The molecular weight excluding hydrogens is 214 g/mol. The Morgan fingerprint density at radius 3 is 2.82 bits per heavy atom. The Hall–Kier alpha value is -1.25. The van der Waals surface area contributed by atoms with Crippen LogP contribution in [0.25, 0.3) is 0 Å². The van der Waals surface area contributed by atoms with Gasteiger partial charge in [-0.25, -0.2) is 0 Å². The van der Waals surface area contributed by atoms with E-state index in [1.54, 1.807) is 12.3 Å². The molecule has 2 heterocycles. The Kier molecular flexibility index (Phi) is 3.27. The van der Waals surface area contributed by atoms with Gasteiger partial charge in [0.1, 0.15) is 6.26 Å². The summed E-state index contributed by atoms with van der Waals surface area (Å²) in [7, 11) is 0. The molecule has 1 aromatic rings. The molecule has 0 radical (unpaired) electrons. The Bertz CT molecular complexity index is 375. The number of carbonyl (C=O) groups excluding carboxylic acids is 1. The average Bonchev–Trinajstić information content (AvgIpc) is 2.80. The molecule has 1 aliphatic rings. The molecule has 0 saturated carbocycles. The van der Waals surface area contributed by atoms with Gasteiger partial charge in [-0.2, -0.15) is 0 Å². The molecule has 1 fully saturated rings. The van der Waals surface area contributed by atoms with Gasteiger partial charge in [-0.3, -0.25) is 4.79 Å². The summed E-state index contributed by atoms with van der Waals surface area (Å²) in [6.07, 6.45) is 5.41. The predicted molar refractivity (Wildman–Crippen MR) is 66.8 cm³/mol. The fourth-order valence-corrected chi connectivity index (χ4v) is 2.44. The molecule has 1 saturated heterocycles. The SMILES string of the molecule is CC(C)(C)[C@H]1CCCN(C(=O)c2ccoc2)C1. The lowest BCUT2D eigenvalue weighted by molar-refractivity contribution is 0.0562. The van der Waals surface area contributed by atoms with Crippen LogP contribution in [-0.2, 0) is 0 Å². The van der Waals surface area contributed by atoms with Crippen molar-refractivity contribution in [1.29, 1.82) is 0 Å². The lowest BCUT2D eigenvalue weighted by atomic mass is 9.76. The van der Waals surface area contributed by atoms with Crippen LogP contribution in [0.3, 0.4) is 0 Å². The van der Waals surface area contributed by atoms with Crippen LogP contribution in [0, 0.1) is 11.3 Å². The number of piperidine rings is 1. The van der Waals surface area contributed by atoms with Crippen LogP contribution in [0.4, 0.5) is 0 Å². The summed E-state index contributed by atoms with van der Waals surface area (Å²) in [5.41, 5.74) is 0.939. The topological polar surface area (TPSA) is 33.5 Å². The average molecular weight is 235 g/mol. The van der Waals surface area contributed by atoms with Gasteiger partial charge in [0.15, 0.2) is 0 Å². The first-order chi connectivity index (χ1) is 7.98. The van der Waals surface area contributed by atoms with Crippen LogP contribution in [0.2, 0.25) is 0 Å². The molecule has 3 heteroatoms. The second kappa shape index (κ2) is 4.55. The van der Waals surface area contributed by atoms with Crippen molar-refractivity contribution in [3.63, 3.8) is 0 Å². The lowest BCUT2D eigenvalue weighted by Crippen LogP contribution is -2.43. The van der Waals surface area contributed by atoms with Gasteiger partial charge in [0, 0.05) is 13.1 Å². The van der Waals surface area contributed by atoms with E-state index < -0.39 is 0 Å². The highest BCUT2D eigenvalue weighted by Crippen LogP contribution is 2.33. The number of furan rings is 1. The van der Waals surface area contributed by atoms with Crippen LogP contribution in [0.5, 0.6) is 0 Å². The lowest BCUT2D eigenvalue weighted by Gasteiger charge is -2.39. The normalized spacial score (nSPS) is 21.6.